The van der Waals surface area contributed by atoms with Crippen LogP contribution in [0.2, 0.25) is 10.0 Å². The van der Waals surface area contributed by atoms with Crippen LogP contribution in [0.1, 0.15) is 17.0 Å². The fourth-order valence-electron chi connectivity index (χ4n) is 2.11. The van der Waals surface area contributed by atoms with Crippen molar-refractivity contribution in [1.82, 2.24) is 0 Å². The van der Waals surface area contributed by atoms with Gasteiger partial charge in [-0.2, -0.15) is 0 Å². The minimum absolute atomic E-state index is 0.0201. The van der Waals surface area contributed by atoms with E-state index in [0.29, 0.717) is 23.0 Å². The van der Waals surface area contributed by atoms with Crippen LogP contribution in [0, 0.1) is 5.82 Å². The summed E-state index contributed by atoms with van der Waals surface area (Å²) in [6, 6.07) is 11.8. The average Bonchev–Trinajstić information content (AvgIpc) is 2.39. The van der Waals surface area contributed by atoms with E-state index in [1.807, 2.05) is 0 Å². The third kappa shape index (κ3) is 3.47. The largest absolute Gasteiger partial charge is 0.330 e. The second-order valence-electron chi connectivity index (χ2n) is 4.40. The summed E-state index contributed by atoms with van der Waals surface area (Å²) in [6.07, 6.45) is 0.681. The number of benzene rings is 2. The smallest absolute Gasteiger partial charge is 0.123 e. The standard InChI is InChI=1S/C15H14Cl2FN/c16-13-2-1-3-14(17)15(13)11(9-19)8-10-4-6-12(18)7-5-10/h1-7,11H,8-9,19H2. The van der Waals surface area contributed by atoms with Crippen LogP contribution in [-0.2, 0) is 6.42 Å². The van der Waals surface area contributed by atoms with E-state index < -0.39 is 0 Å². The van der Waals surface area contributed by atoms with Gasteiger partial charge in [-0.3, -0.25) is 0 Å². The molecule has 1 unspecified atom stereocenters. The first-order valence-corrected chi connectivity index (χ1v) is 6.76. The van der Waals surface area contributed by atoms with Crippen molar-refractivity contribution in [1.29, 1.82) is 0 Å². The molecule has 0 bridgehead atoms. The van der Waals surface area contributed by atoms with Crippen LogP contribution in [0.25, 0.3) is 0 Å². The monoisotopic (exact) mass is 297 g/mol. The minimum Gasteiger partial charge on any atom is -0.330 e. The Morgan fingerprint density at radius 1 is 1.00 bits per heavy atom. The number of rotatable bonds is 4. The van der Waals surface area contributed by atoms with Gasteiger partial charge in [0.05, 0.1) is 0 Å². The zero-order chi connectivity index (χ0) is 13.8. The lowest BCUT2D eigenvalue weighted by Gasteiger charge is -2.18. The summed E-state index contributed by atoms with van der Waals surface area (Å²) in [6.45, 7) is 0.431. The summed E-state index contributed by atoms with van der Waals surface area (Å²) in [5.41, 5.74) is 7.70. The maximum Gasteiger partial charge on any atom is 0.123 e. The Balaban J connectivity index is 2.27. The molecule has 2 N–H and O–H groups in total. The molecule has 1 atom stereocenters. The maximum absolute atomic E-state index is 12.9. The van der Waals surface area contributed by atoms with E-state index in [1.165, 1.54) is 12.1 Å². The van der Waals surface area contributed by atoms with Crippen molar-refractivity contribution in [3.05, 3.63) is 69.5 Å². The molecule has 2 aromatic rings. The minimum atomic E-state index is -0.246. The molecule has 0 amide bonds. The van der Waals surface area contributed by atoms with Gasteiger partial charge in [-0.15, -0.1) is 0 Å². The summed E-state index contributed by atoms with van der Waals surface area (Å²) in [5, 5.41) is 1.23. The van der Waals surface area contributed by atoms with Gasteiger partial charge < -0.3 is 5.73 Å². The Morgan fingerprint density at radius 2 is 1.58 bits per heavy atom. The van der Waals surface area contributed by atoms with Crippen LogP contribution in [0.4, 0.5) is 4.39 Å². The summed E-state index contributed by atoms with van der Waals surface area (Å²) in [4.78, 5) is 0. The van der Waals surface area contributed by atoms with E-state index in [2.05, 4.69) is 0 Å². The molecule has 0 aliphatic rings. The van der Waals surface area contributed by atoms with E-state index >= 15 is 0 Å². The topological polar surface area (TPSA) is 26.0 Å². The van der Waals surface area contributed by atoms with Gasteiger partial charge in [0.25, 0.3) is 0 Å². The quantitative estimate of drug-likeness (QED) is 0.888. The molecule has 0 saturated carbocycles. The van der Waals surface area contributed by atoms with Crippen molar-refractivity contribution in [3.63, 3.8) is 0 Å². The molecule has 4 heteroatoms. The molecule has 19 heavy (non-hydrogen) atoms. The lowest BCUT2D eigenvalue weighted by atomic mass is 9.92. The van der Waals surface area contributed by atoms with E-state index in [9.17, 15) is 4.39 Å². The van der Waals surface area contributed by atoms with Crippen LogP contribution in [-0.4, -0.2) is 6.54 Å². The second kappa shape index (κ2) is 6.38. The lowest BCUT2D eigenvalue weighted by molar-refractivity contribution is 0.625. The van der Waals surface area contributed by atoms with Gasteiger partial charge in [-0.25, -0.2) is 4.39 Å². The summed E-state index contributed by atoms with van der Waals surface area (Å²) >= 11 is 12.4. The zero-order valence-corrected chi connectivity index (χ0v) is 11.8. The predicted molar refractivity (Wildman–Crippen MR) is 78.4 cm³/mol. The van der Waals surface area contributed by atoms with E-state index in [4.69, 9.17) is 28.9 Å². The normalized spacial score (nSPS) is 12.4. The number of halogens is 3. The Kier molecular flexibility index (Phi) is 4.81. The molecule has 0 fully saturated rings. The highest BCUT2D eigenvalue weighted by molar-refractivity contribution is 6.36. The molecule has 100 valence electrons. The van der Waals surface area contributed by atoms with E-state index in [1.54, 1.807) is 30.3 Å². The van der Waals surface area contributed by atoms with Crippen LogP contribution >= 0.6 is 23.2 Å². The molecule has 0 spiro atoms. The van der Waals surface area contributed by atoms with Crippen LogP contribution < -0.4 is 5.73 Å². The molecule has 0 aromatic heterocycles. The van der Waals surface area contributed by atoms with Crippen LogP contribution in [0.15, 0.2) is 42.5 Å². The summed E-state index contributed by atoms with van der Waals surface area (Å²) in [7, 11) is 0. The van der Waals surface area contributed by atoms with E-state index in [-0.39, 0.29) is 11.7 Å². The van der Waals surface area contributed by atoms with E-state index in [0.717, 1.165) is 11.1 Å². The van der Waals surface area contributed by atoms with Gasteiger partial charge in [0.1, 0.15) is 5.82 Å². The van der Waals surface area contributed by atoms with Crippen molar-refractivity contribution in [3.8, 4) is 0 Å². The first kappa shape index (κ1) is 14.3. The van der Waals surface area contributed by atoms with Gasteiger partial charge in [0, 0.05) is 16.0 Å². The number of nitrogens with two attached hydrogens (primary N) is 1. The van der Waals surface area contributed by atoms with Crippen LogP contribution in [0.5, 0.6) is 0 Å². The second-order valence-corrected chi connectivity index (χ2v) is 5.21. The molecule has 0 aliphatic carbocycles. The van der Waals surface area contributed by atoms with Gasteiger partial charge in [0.2, 0.25) is 0 Å². The van der Waals surface area contributed by atoms with Gasteiger partial charge in [-0.05, 0) is 48.4 Å². The first-order valence-electron chi connectivity index (χ1n) is 6.00. The van der Waals surface area contributed by atoms with Crippen molar-refractivity contribution >= 4 is 23.2 Å². The zero-order valence-electron chi connectivity index (χ0n) is 10.2. The molecule has 0 saturated heterocycles. The Labute approximate surface area is 122 Å². The Morgan fingerprint density at radius 3 is 2.11 bits per heavy atom. The van der Waals surface area contributed by atoms with Crippen LogP contribution in [0.3, 0.4) is 0 Å². The Bertz CT molecular complexity index is 534. The molecule has 0 radical (unpaired) electrons. The van der Waals surface area contributed by atoms with Crippen molar-refractivity contribution < 1.29 is 4.39 Å². The predicted octanol–water partition coefficient (Wildman–Crippen LogP) is 4.42. The highest BCUT2D eigenvalue weighted by atomic mass is 35.5. The van der Waals surface area contributed by atoms with Gasteiger partial charge in [-0.1, -0.05) is 41.4 Å². The van der Waals surface area contributed by atoms with Gasteiger partial charge in [0.15, 0.2) is 0 Å². The molecular weight excluding hydrogens is 284 g/mol. The molecule has 1 nitrogen and oxygen atoms in total. The average molecular weight is 298 g/mol. The number of hydrogen-bond donors (Lipinski definition) is 1. The first-order chi connectivity index (χ1) is 9.11. The number of hydrogen-bond acceptors (Lipinski definition) is 1. The summed E-state index contributed by atoms with van der Waals surface area (Å²) < 4.78 is 12.9. The fourth-order valence-corrected chi connectivity index (χ4v) is 2.82. The maximum atomic E-state index is 12.9. The fraction of sp³-hybridized carbons (Fsp3) is 0.200. The van der Waals surface area contributed by atoms with Gasteiger partial charge >= 0.3 is 0 Å². The highest BCUT2D eigenvalue weighted by Gasteiger charge is 2.17. The van der Waals surface area contributed by atoms with Crippen molar-refractivity contribution in [2.75, 3.05) is 6.54 Å². The van der Waals surface area contributed by atoms with Crippen molar-refractivity contribution in [2.24, 2.45) is 5.73 Å². The lowest BCUT2D eigenvalue weighted by Crippen LogP contribution is -2.16. The molecule has 0 aliphatic heterocycles. The SMILES string of the molecule is NCC(Cc1ccc(F)cc1)c1c(Cl)cccc1Cl. The molecule has 2 aromatic carbocycles. The highest BCUT2D eigenvalue weighted by Crippen LogP contribution is 2.33. The van der Waals surface area contributed by atoms with Crippen molar-refractivity contribution in [2.45, 2.75) is 12.3 Å². The molecule has 2 rings (SSSR count). The summed E-state index contributed by atoms with van der Waals surface area (Å²) in [5.74, 6) is -0.226. The molecule has 0 heterocycles. The molecular formula is C15H14Cl2FN. The third-order valence-electron chi connectivity index (χ3n) is 3.09. The Hall–Kier alpha value is -1.09. The third-order valence-corrected chi connectivity index (χ3v) is 3.75.